The summed E-state index contributed by atoms with van der Waals surface area (Å²) in [6.07, 6.45) is 1.80. The van der Waals surface area contributed by atoms with E-state index < -0.39 is 23.9 Å². The second-order valence-corrected chi connectivity index (χ2v) is 5.37. The van der Waals surface area contributed by atoms with Crippen LogP contribution in [-0.2, 0) is 22.4 Å². The Morgan fingerprint density at radius 2 is 1.64 bits per heavy atom. The van der Waals surface area contributed by atoms with E-state index in [9.17, 15) is 19.1 Å². The molecule has 0 fully saturated rings. The second kappa shape index (κ2) is 9.15. The molecule has 0 aliphatic rings. The zero-order valence-electron chi connectivity index (χ0n) is 12.4. The van der Waals surface area contributed by atoms with Crippen molar-refractivity contribution in [1.29, 1.82) is 0 Å². The minimum atomic E-state index is -1.12. The Morgan fingerprint density at radius 1 is 1.05 bits per heavy atom. The molecule has 0 heterocycles. The Kier molecular flexibility index (Phi) is 7.52. The van der Waals surface area contributed by atoms with E-state index >= 15 is 0 Å². The number of alkyl halides is 1. The molecule has 4 N–H and O–H groups in total. The van der Waals surface area contributed by atoms with Gasteiger partial charge in [-0.05, 0) is 43.2 Å². The van der Waals surface area contributed by atoms with Crippen LogP contribution in [0.3, 0.4) is 0 Å². The molecule has 0 amide bonds. The maximum absolute atomic E-state index is 12.1. The number of carboxylic acids is 2. The molecule has 2 atom stereocenters. The highest BCUT2D eigenvalue weighted by Crippen LogP contribution is 2.17. The number of carboxylic acid groups (broad SMARTS) is 2. The smallest absolute Gasteiger partial charge is 0.320 e. The predicted molar refractivity (Wildman–Crippen MR) is 80.4 cm³/mol. The average Bonchev–Trinajstić information content (AvgIpc) is 2.49. The normalized spacial score (nSPS) is 13.5. The molecule has 0 spiro atoms. The van der Waals surface area contributed by atoms with Crippen LogP contribution >= 0.6 is 0 Å². The number of carbonyl (C=O) groups is 2. The quantitative estimate of drug-likeness (QED) is 0.614. The van der Waals surface area contributed by atoms with Crippen LogP contribution in [0.2, 0.25) is 0 Å². The molecule has 0 saturated heterocycles. The van der Waals surface area contributed by atoms with E-state index in [1.165, 1.54) is 0 Å². The summed E-state index contributed by atoms with van der Waals surface area (Å²) < 4.78 is 12.1. The van der Waals surface area contributed by atoms with Gasteiger partial charge in [0.2, 0.25) is 0 Å². The van der Waals surface area contributed by atoms with Gasteiger partial charge in [-0.3, -0.25) is 14.0 Å². The minimum Gasteiger partial charge on any atom is -0.481 e. The van der Waals surface area contributed by atoms with Gasteiger partial charge >= 0.3 is 11.9 Å². The largest absolute Gasteiger partial charge is 0.481 e. The van der Waals surface area contributed by atoms with Crippen LogP contribution in [0.15, 0.2) is 24.3 Å². The first kappa shape index (κ1) is 18.1. The Labute approximate surface area is 128 Å². The van der Waals surface area contributed by atoms with E-state index in [-0.39, 0.29) is 19.5 Å². The molecule has 0 saturated carbocycles. The van der Waals surface area contributed by atoms with E-state index in [4.69, 9.17) is 10.8 Å². The van der Waals surface area contributed by atoms with Crippen molar-refractivity contribution in [1.82, 2.24) is 0 Å². The molecule has 6 heteroatoms. The molecule has 0 aliphatic heterocycles. The molecule has 1 rings (SSSR count). The number of hydrogen-bond donors (Lipinski definition) is 3. The van der Waals surface area contributed by atoms with Crippen LogP contribution < -0.4 is 5.73 Å². The van der Waals surface area contributed by atoms with Crippen molar-refractivity contribution in [2.24, 2.45) is 11.7 Å². The van der Waals surface area contributed by atoms with Gasteiger partial charge in [-0.2, -0.15) is 0 Å². The number of rotatable bonds is 10. The number of halogens is 1. The van der Waals surface area contributed by atoms with E-state index in [0.29, 0.717) is 19.3 Å². The maximum Gasteiger partial charge on any atom is 0.320 e. The van der Waals surface area contributed by atoms with Crippen molar-refractivity contribution >= 4 is 11.9 Å². The van der Waals surface area contributed by atoms with Gasteiger partial charge in [0.05, 0.1) is 12.6 Å². The van der Waals surface area contributed by atoms with Crippen LogP contribution in [0.1, 0.15) is 30.4 Å². The fraction of sp³-hybridized carbons (Fsp3) is 0.500. The monoisotopic (exact) mass is 310 g/mol. The maximum atomic E-state index is 12.1. The predicted octanol–water partition coefficient (Wildman–Crippen LogP) is 2.02. The highest BCUT2D eigenvalue weighted by Gasteiger charge is 2.21. The van der Waals surface area contributed by atoms with Crippen molar-refractivity contribution in [3.63, 3.8) is 0 Å². The summed E-state index contributed by atoms with van der Waals surface area (Å²) in [6, 6.07) is 6.37. The van der Waals surface area contributed by atoms with Gasteiger partial charge in [0.1, 0.15) is 6.04 Å². The first-order valence-corrected chi connectivity index (χ1v) is 7.29. The van der Waals surface area contributed by atoms with E-state index in [1.54, 1.807) is 0 Å². The number of nitrogens with two attached hydrogens (primary N) is 1. The number of hydrogen-bond acceptors (Lipinski definition) is 3. The zero-order valence-corrected chi connectivity index (χ0v) is 12.4. The van der Waals surface area contributed by atoms with E-state index in [0.717, 1.165) is 11.1 Å². The number of aryl methyl sites for hydroxylation is 1. The second-order valence-electron chi connectivity index (χ2n) is 5.37. The lowest BCUT2D eigenvalue weighted by molar-refractivity contribution is -0.143. The van der Waals surface area contributed by atoms with Crippen molar-refractivity contribution in [2.75, 3.05) is 6.67 Å². The summed E-state index contributed by atoms with van der Waals surface area (Å²) in [5, 5.41) is 18.0. The van der Waals surface area contributed by atoms with Gasteiger partial charge in [0.25, 0.3) is 0 Å². The third-order valence-corrected chi connectivity index (χ3v) is 3.60. The minimum absolute atomic E-state index is 0.126. The summed E-state index contributed by atoms with van der Waals surface area (Å²) >= 11 is 0. The molecule has 22 heavy (non-hydrogen) atoms. The summed E-state index contributed by atoms with van der Waals surface area (Å²) in [5.41, 5.74) is 7.28. The van der Waals surface area contributed by atoms with Gasteiger partial charge < -0.3 is 15.9 Å². The van der Waals surface area contributed by atoms with Crippen LogP contribution in [0.5, 0.6) is 0 Å². The zero-order chi connectivity index (χ0) is 16.5. The van der Waals surface area contributed by atoms with Crippen LogP contribution in [0, 0.1) is 5.92 Å². The number of aliphatic carboxylic acids is 2. The van der Waals surface area contributed by atoms with Crippen molar-refractivity contribution in [2.45, 2.75) is 38.1 Å². The first-order chi connectivity index (χ1) is 10.4. The number of benzene rings is 1. The van der Waals surface area contributed by atoms with Crippen molar-refractivity contribution in [3.8, 4) is 0 Å². The van der Waals surface area contributed by atoms with Gasteiger partial charge in [-0.15, -0.1) is 0 Å². The Morgan fingerprint density at radius 3 is 2.14 bits per heavy atom. The van der Waals surface area contributed by atoms with E-state index in [2.05, 4.69) is 0 Å². The highest BCUT2D eigenvalue weighted by atomic mass is 18.2. The van der Waals surface area contributed by atoms with Gasteiger partial charge in [-0.25, -0.2) is 0 Å². The molecule has 1 aromatic rings. The van der Waals surface area contributed by atoms with Gasteiger partial charge in [0, 0.05) is 0 Å². The summed E-state index contributed by atoms with van der Waals surface area (Å²) in [5.74, 6) is -2.75. The molecular weight excluding hydrogens is 288 g/mol. The van der Waals surface area contributed by atoms with Crippen LogP contribution in [-0.4, -0.2) is 34.9 Å². The Hall–Kier alpha value is -1.95. The van der Waals surface area contributed by atoms with E-state index in [1.807, 2.05) is 24.3 Å². The molecular formula is C16H22FNO4. The fourth-order valence-corrected chi connectivity index (χ4v) is 2.21. The first-order valence-electron chi connectivity index (χ1n) is 7.29. The lowest BCUT2D eigenvalue weighted by Crippen LogP contribution is -2.31. The average molecular weight is 310 g/mol. The fourth-order valence-electron chi connectivity index (χ4n) is 2.21. The molecule has 0 radical (unpaired) electrons. The summed E-state index contributed by atoms with van der Waals surface area (Å²) in [6.45, 7) is -0.354. The Balaban J connectivity index is 2.59. The topological polar surface area (TPSA) is 101 Å². The lowest BCUT2D eigenvalue weighted by Gasteiger charge is -2.14. The van der Waals surface area contributed by atoms with Crippen molar-refractivity contribution in [3.05, 3.63) is 35.4 Å². The van der Waals surface area contributed by atoms with Crippen LogP contribution in [0.25, 0.3) is 0 Å². The van der Waals surface area contributed by atoms with Gasteiger partial charge in [0.15, 0.2) is 0 Å². The summed E-state index contributed by atoms with van der Waals surface area (Å²) in [7, 11) is 0. The van der Waals surface area contributed by atoms with Crippen LogP contribution in [0.4, 0.5) is 4.39 Å². The molecule has 0 bridgehead atoms. The summed E-state index contributed by atoms with van der Waals surface area (Å²) in [4.78, 5) is 21.9. The lowest BCUT2D eigenvalue weighted by atomic mass is 9.92. The SMILES string of the molecule is N[C@@H](CCC(Cc1ccc(CCC[18F])cc1)C(=O)O)C(=O)O. The van der Waals surface area contributed by atoms with Gasteiger partial charge in [-0.1, -0.05) is 24.3 Å². The van der Waals surface area contributed by atoms with Crippen molar-refractivity contribution < 1.29 is 24.2 Å². The molecule has 122 valence electrons. The third kappa shape index (κ3) is 6.22. The Bertz CT molecular complexity index is 489. The highest BCUT2D eigenvalue weighted by molar-refractivity contribution is 5.73. The molecule has 0 aromatic heterocycles. The third-order valence-electron chi connectivity index (χ3n) is 3.60. The molecule has 5 nitrogen and oxygen atoms in total. The molecule has 0 aliphatic carbocycles. The molecule has 1 aromatic carbocycles. The standard InChI is InChI=1S/C16H22FNO4/c17-9-1-2-11-3-5-12(6-4-11)10-13(15(19)20)7-8-14(18)16(21)22/h3-6,13-14H,1-2,7-10,18H2,(H,19,20)(H,21,22)/t13?,14-/m0/s1/i17-1. The molecule has 1 unspecified atom stereocenters.